The fourth-order valence-corrected chi connectivity index (χ4v) is 1.12. The molecule has 1 amide bonds. The Labute approximate surface area is 66.7 Å². The summed E-state index contributed by atoms with van der Waals surface area (Å²) >= 11 is 0. The smallest absolute Gasteiger partial charge is 0.221 e. The van der Waals surface area contributed by atoms with Gasteiger partial charge in [-0.05, 0) is 0 Å². The van der Waals surface area contributed by atoms with Crippen LogP contribution in [0.2, 0.25) is 0 Å². The van der Waals surface area contributed by atoms with Crippen LogP contribution in [0.3, 0.4) is 0 Å². The van der Waals surface area contributed by atoms with Crippen LogP contribution in [0, 0.1) is 0 Å². The molecule has 0 aromatic rings. The van der Waals surface area contributed by atoms with Crippen LogP contribution in [0.5, 0.6) is 0 Å². The van der Waals surface area contributed by atoms with Gasteiger partial charge < -0.3 is 10.6 Å². The molecule has 11 heavy (non-hydrogen) atoms. The quantitative estimate of drug-likeness (QED) is 0.522. The van der Waals surface area contributed by atoms with E-state index < -0.39 is 0 Å². The van der Waals surface area contributed by atoms with E-state index in [9.17, 15) is 4.79 Å². The van der Waals surface area contributed by atoms with Gasteiger partial charge in [0.1, 0.15) is 0 Å². The van der Waals surface area contributed by atoms with Gasteiger partial charge in [0.05, 0.1) is 0 Å². The number of piperazine rings is 1. The molecule has 0 aromatic carbocycles. The zero-order valence-corrected chi connectivity index (χ0v) is 6.76. The van der Waals surface area contributed by atoms with Crippen molar-refractivity contribution in [3.63, 3.8) is 0 Å². The van der Waals surface area contributed by atoms with Gasteiger partial charge in [0.2, 0.25) is 5.91 Å². The molecule has 2 N–H and O–H groups in total. The fraction of sp³-hybridized carbons (Fsp3) is 0.857. The second-order valence-corrected chi connectivity index (χ2v) is 2.66. The molecule has 1 fully saturated rings. The van der Waals surface area contributed by atoms with Gasteiger partial charge in [-0.1, -0.05) is 0 Å². The lowest BCUT2D eigenvalue weighted by molar-refractivity contribution is -0.121. The number of hydrogen-bond donors (Lipinski definition) is 2. The molecule has 0 bridgehead atoms. The molecular weight excluding hydrogens is 142 g/mol. The van der Waals surface area contributed by atoms with E-state index in [1.165, 1.54) is 0 Å². The first-order valence-electron chi connectivity index (χ1n) is 3.90. The van der Waals surface area contributed by atoms with Gasteiger partial charge in [-0.25, -0.2) is 5.32 Å². The minimum atomic E-state index is 0.0830. The van der Waals surface area contributed by atoms with E-state index in [4.69, 9.17) is 0 Å². The molecule has 1 rings (SSSR count). The molecule has 0 aliphatic carbocycles. The zero-order valence-electron chi connectivity index (χ0n) is 6.76. The van der Waals surface area contributed by atoms with Crippen LogP contribution >= 0.6 is 0 Å². The van der Waals surface area contributed by atoms with E-state index in [0.717, 1.165) is 19.6 Å². The summed E-state index contributed by atoms with van der Waals surface area (Å²) in [4.78, 5) is 10.9. The van der Waals surface area contributed by atoms with Crippen molar-refractivity contribution in [2.75, 3.05) is 26.7 Å². The average Bonchev–Trinajstić information content (AvgIpc) is 2.06. The standard InChI is InChI=1S/C7H14N3O/c1-8-7(11)4-6-5-9-2-3-10-6/h6,10H,2-5H2,1H3,(H,8,11). The van der Waals surface area contributed by atoms with Crippen LogP contribution in [0.25, 0.3) is 0 Å². The van der Waals surface area contributed by atoms with Crippen molar-refractivity contribution in [1.29, 1.82) is 0 Å². The first-order chi connectivity index (χ1) is 5.33. The van der Waals surface area contributed by atoms with Crippen LogP contribution in [-0.4, -0.2) is 38.6 Å². The van der Waals surface area contributed by atoms with Gasteiger partial charge >= 0.3 is 0 Å². The number of rotatable bonds is 2. The maximum Gasteiger partial charge on any atom is 0.221 e. The van der Waals surface area contributed by atoms with Gasteiger partial charge in [0.15, 0.2) is 0 Å². The van der Waals surface area contributed by atoms with E-state index in [-0.39, 0.29) is 11.9 Å². The van der Waals surface area contributed by atoms with Crippen LogP contribution in [0.1, 0.15) is 6.42 Å². The predicted molar refractivity (Wildman–Crippen MR) is 42.3 cm³/mol. The summed E-state index contributed by atoms with van der Waals surface area (Å²) in [7, 11) is 1.66. The maximum absolute atomic E-state index is 10.9. The lowest BCUT2D eigenvalue weighted by Crippen LogP contribution is -2.47. The summed E-state index contributed by atoms with van der Waals surface area (Å²) in [5, 5.41) is 10.0. The highest BCUT2D eigenvalue weighted by Gasteiger charge is 2.15. The third-order valence-electron chi connectivity index (χ3n) is 1.76. The average molecular weight is 156 g/mol. The number of carbonyl (C=O) groups is 1. The van der Waals surface area contributed by atoms with Crippen molar-refractivity contribution in [1.82, 2.24) is 16.0 Å². The van der Waals surface area contributed by atoms with Gasteiger partial charge in [-0.3, -0.25) is 4.79 Å². The molecule has 4 nitrogen and oxygen atoms in total. The Bertz CT molecular complexity index is 132. The lowest BCUT2D eigenvalue weighted by Gasteiger charge is -2.22. The Morgan fingerprint density at radius 3 is 3.18 bits per heavy atom. The van der Waals surface area contributed by atoms with E-state index in [1.807, 2.05) is 0 Å². The summed E-state index contributed by atoms with van der Waals surface area (Å²) in [5.41, 5.74) is 0. The van der Waals surface area contributed by atoms with Crippen molar-refractivity contribution in [2.45, 2.75) is 12.5 Å². The van der Waals surface area contributed by atoms with E-state index >= 15 is 0 Å². The molecule has 1 atom stereocenters. The van der Waals surface area contributed by atoms with Crippen molar-refractivity contribution < 1.29 is 4.79 Å². The number of nitrogens with one attached hydrogen (secondary N) is 2. The number of amides is 1. The second kappa shape index (κ2) is 4.31. The van der Waals surface area contributed by atoms with Crippen molar-refractivity contribution in [2.24, 2.45) is 0 Å². The molecule has 0 aromatic heterocycles. The third kappa shape index (κ3) is 2.86. The Morgan fingerprint density at radius 2 is 2.64 bits per heavy atom. The minimum Gasteiger partial charge on any atom is -0.359 e. The third-order valence-corrected chi connectivity index (χ3v) is 1.76. The summed E-state index contributed by atoms with van der Waals surface area (Å²) in [6.07, 6.45) is 0.542. The molecule has 0 saturated carbocycles. The van der Waals surface area contributed by atoms with E-state index in [2.05, 4.69) is 16.0 Å². The highest BCUT2D eigenvalue weighted by atomic mass is 16.1. The summed E-state index contributed by atoms with van der Waals surface area (Å²) < 4.78 is 0. The van der Waals surface area contributed by atoms with Crippen LogP contribution < -0.4 is 16.0 Å². The van der Waals surface area contributed by atoms with Crippen LogP contribution in [-0.2, 0) is 4.79 Å². The fourth-order valence-electron chi connectivity index (χ4n) is 1.12. The molecule has 1 radical (unpaired) electrons. The van der Waals surface area contributed by atoms with Gasteiger partial charge in [0, 0.05) is 39.1 Å². The SMILES string of the molecule is CNC(=O)CC1C[N]CCN1. The maximum atomic E-state index is 10.9. The minimum absolute atomic E-state index is 0.0830. The van der Waals surface area contributed by atoms with Crippen molar-refractivity contribution >= 4 is 5.91 Å². The first-order valence-corrected chi connectivity index (χ1v) is 3.90. The molecule has 63 valence electrons. The molecular formula is C7H14N3O. The molecule has 1 unspecified atom stereocenters. The Balaban J connectivity index is 2.19. The Hall–Kier alpha value is -0.610. The number of nitrogens with zero attached hydrogens (tertiary/aromatic N) is 1. The summed E-state index contributed by atoms with van der Waals surface area (Å²) in [6, 6.07) is 0.253. The van der Waals surface area contributed by atoms with E-state index in [1.54, 1.807) is 7.05 Å². The normalized spacial score (nSPS) is 24.6. The Kier molecular flexibility index (Phi) is 3.32. The first kappa shape index (κ1) is 8.49. The van der Waals surface area contributed by atoms with Gasteiger partial charge in [0.25, 0.3) is 0 Å². The highest BCUT2D eigenvalue weighted by molar-refractivity contribution is 5.76. The molecule has 1 heterocycles. The van der Waals surface area contributed by atoms with Gasteiger partial charge in [-0.15, -0.1) is 0 Å². The number of hydrogen-bond acceptors (Lipinski definition) is 2. The topological polar surface area (TPSA) is 55.2 Å². The van der Waals surface area contributed by atoms with Crippen LogP contribution in [0.15, 0.2) is 0 Å². The predicted octanol–water partition coefficient (Wildman–Crippen LogP) is -1.30. The molecule has 1 aliphatic heterocycles. The van der Waals surface area contributed by atoms with Crippen molar-refractivity contribution in [3.05, 3.63) is 0 Å². The second-order valence-electron chi connectivity index (χ2n) is 2.66. The zero-order chi connectivity index (χ0) is 8.10. The Morgan fingerprint density at radius 1 is 1.82 bits per heavy atom. The number of carbonyl (C=O) groups excluding carboxylic acids is 1. The monoisotopic (exact) mass is 156 g/mol. The largest absolute Gasteiger partial charge is 0.359 e. The van der Waals surface area contributed by atoms with Gasteiger partial charge in [-0.2, -0.15) is 0 Å². The lowest BCUT2D eigenvalue weighted by atomic mass is 10.1. The molecule has 1 aliphatic rings. The van der Waals surface area contributed by atoms with E-state index in [0.29, 0.717) is 6.42 Å². The summed E-state index contributed by atoms with van der Waals surface area (Å²) in [5.74, 6) is 0.0830. The molecule has 0 spiro atoms. The van der Waals surface area contributed by atoms with Crippen LogP contribution in [0.4, 0.5) is 0 Å². The molecule has 1 saturated heterocycles. The van der Waals surface area contributed by atoms with Crippen molar-refractivity contribution in [3.8, 4) is 0 Å². The summed E-state index contributed by atoms with van der Waals surface area (Å²) in [6.45, 7) is 2.55. The molecule has 4 heteroatoms. The highest BCUT2D eigenvalue weighted by Crippen LogP contribution is 1.94.